The van der Waals surface area contributed by atoms with Crippen molar-refractivity contribution in [2.24, 2.45) is 22.7 Å². The summed E-state index contributed by atoms with van der Waals surface area (Å²) in [6, 6.07) is -4.50. The number of amides is 6. The lowest BCUT2D eigenvalue weighted by atomic mass is 9.84. The Morgan fingerprint density at radius 2 is 1.48 bits per heavy atom. The van der Waals surface area contributed by atoms with Gasteiger partial charge in [-0.05, 0) is 35.5 Å². The van der Waals surface area contributed by atoms with E-state index in [2.05, 4.69) is 27.8 Å². The zero-order valence-electron chi connectivity index (χ0n) is 28.6. The van der Waals surface area contributed by atoms with Crippen LogP contribution in [0, 0.1) is 22.7 Å². The monoisotopic (exact) mass is 620 g/mol. The molecule has 1 aliphatic rings. The molecule has 12 heteroatoms. The SMILES string of the molecule is C=CCNC(=O)C(=O)C(CCC)NC(=O)[C@@H]1[C@@H](C(C)C)CCN1C(=O)[C@@H](NC(=O)N[C@H](C(=O)N(C)C)C(C)(C)C)C(C)(C)C. The third-order valence-corrected chi connectivity index (χ3v) is 7.91. The van der Waals surface area contributed by atoms with Gasteiger partial charge in [0.2, 0.25) is 23.5 Å². The van der Waals surface area contributed by atoms with E-state index < -0.39 is 64.5 Å². The number of urea groups is 1. The van der Waals surface area contributed by atoms with Crippen molar-refractivity contribution in [1.82, 2.24) is 31.1 Å². The Morgan fingerprint density at radius 1 is 0.932 bits per heavy atom. The topological polar surface area (TPSA) is 157 Å². The number of hydrogen-bond donors (Lipinski definition) is 4. The number of carbonyl (C=O) groups excluding carboxylic acids is 6. The van der Waals surface area contributed by atoms with Crippen molar-refractivity contribution in [3.05, 3.63) is 12.7 Å². The fourth-order valence-electron chi connectivity index (χ4n) is 5.35. The van der Waals surface area contributed by atoms with Gasteiger partial charge in [-0.15, -0.1) is 6.58 Å². The lowest BCUT2D eigenvalue weighted by Gasteiger charge is -2.38. The fourth-order valence-corrected chi connectivity index (χ4v) is 5.35. The van der Waals surface area contributed by atoms with Crippen LogP contribution in [0.2, 0.25) is 0 Å². The van der Waals surface area contributed by atoms with Crippen molar-refractivity contribution < 1.29 is 28.8 Å². The molecule has 0 radical (unpaired) electrons. The van der Waals surface area contributed by atoms with E-state index in [4.69, 9.17) is 0 Å². The highest BCUT2D eigenvalue weighted by molar-refractivity contribution is 6.38. The van der Waals surface area contributed by atoms with E-state index in [-0.39, 0.29) is 37.3 Å². The van der Waals surface area contributed by atoms with Gasteiger partial charge in [0.1, 0.15) is 18.1 Å². The summed E-state index contributed by atoms with van der Waals surface area (Å²) in [4.78, 5) is 82.4. The Kier molecular flexibility index (Phi) is 14.1. The van der Waals surface area contributed by atoms with Gasteiger partial charge in [0, 0.05) is 27.2 Å². The molecule has 0 aromatic carbocycles. The van der Waals surface area contributed by atoms with E-state index >= 15 is 0 Å². The van der Waals surface area contributed by atoms with Gasteiger partial charge >= 0.3 is 6.03 Å². The van der Waals surface area contributed by atoms with E-state index in [1.807, 2.05) is 62.3 Å². The molecular weight excluding hydrogens is 564 g/mol. The van der Waals surface area contributed by atoms with Crippen LogP contribution in [0.15, 0.2) is 12.7 Å². The summed E-state index contributed by atoms with van der Waals surface area (Å²) < 4.78 is 0. The molecule has 1 heterocycles. The summed E-state index contributed by atoms with van der Waals surface area (Å²) in [6.45, 7) is 20.7. The average Bonchev–Trinajstić information content (AvgIpc) is 3.36. The van der Waals surface area contributed by atoms with Crippen molar-refractivity contribution in [2.45, 2.75) is 106 Å². The molecule has 1 unspecified atom stereocenters. The number of likely N-dealkylation sites (tertiary alicyclic amines) is 1. The van der Waals surface area contributed by atoms with E-state index in [1.54, 1.807) is 14.1 Å². The summed E-state index contributed by atoms with van der Waals surface area (Å²) in [5.74, 6) is -2.98. The minimum Gasteiger partial charge on any atom is -0.347 e. The number of hydrogen-bond acceptors (Lipinski definition) is 6. The van der Waals surface area contributed by atoms with Crippen molar-refractivity contribution >= 4 is 35.4 Å². The molecule has 250 valence electrons. The second-order valence-electron chi connectivity index (χ2n) is 14.3. The number of rotatable bonds is 13. The standard InChI is InChI=1S/C32H56N6O6/c1-13-15-21(23(39)27(41)33-17-14-2)34-26(40)22-20(19(3)4)16-18-38(22)29(43)25(32(8,9)10)36-30(44)35-24(31(5,6)7)28(42)37(11)12/h14,19-22,24-25H,2,13,15-18H2,1,3-12H3,(H,33,41)(H,34,40)(H2,35,36,44)/t20-,21?,22+,24-,25-/m1/s1. The maximum atomic E-state index is 14.2. The van der Waals surface area contributed by atoms with Crippen molar-refractivity contribution in [3.8, 4) is 0 Å². The highest BCUT2D eigenvalue weighted by atomic mass is 16.2. The number of ketones is 1. The first kappa shape index (κ1) is 38.6. The van der Waals surface area contributed by atoms with Crippen molar-refractivity contribution in [2.75, 3.05) is 27.2 Å². The summed E-state index contributed by atoms with van der Waals surface area (Å²) in [5.41, 5.74) is -1.35. The van der Waals surface area contributed by atoms with Crippen LogP contribution in [0.4, 0.5) is 4.79 Å². The molecule has 1 saturated heterocycles. The molecule has 0 bridgehead atoms. The third-order valence-electron chi connectivity index (χ3n) is 7.91. The number of nitrogens with one attached hydrogen (secondary N) is 4. The van der Waals surface area contributed by atoms with Crippen LogP contribution in [-0.4, -0.2) is 96.6 Å². The van der Waals surface area contributed by atoms with Gasteiger partial charge in [-0.3, -0.25) is 24.0 Å². The Balaban J connectivity index is 3.35. The third kappa shape index (κ3) is 10.3. The maximum absolute atomic E-state index is 14.2. The zero-order chi connectivity index (χ0) is 34.2. The highest BCUT2D eigenvalue weighted by Crippen LogP contribution is 2.33. The van der Waals surface area contributed by atoms with E-state index in [0.29, 0.717) is 12.8 Å². The highest BCUT2D eigenvalue weighted by Gasteiger charge is 2.48. The first-order valence-corrected chi connectivity index (χ1v) is 15.5. The lowest BCUT2D eigenvalue weighted by molar-refractivity contribution is -0.144. The van der Waals surface area contributed by atoms with Crippen LogP contribution < -0.4 is 21.3 Å². The van der Waals surface area contributed by atoms with E-state index in [0.717, 1.165) is 0 Å². The number of nitrogens with zero attached hydrogens (tertiary/aromatic N) is 2. The Labute approximate surface area is 263 Å². The van der Waals surface area contributed by atoms with Crippen molar-refractivity contribution in [1.29, 1.82) is 0 Å². The Hall–Kier alpha value is -3.44. The summed E-state index contributed by atoms with van der Waals surface area (Å²) >= 11 is 0. The molecule has 0 aliphatic carbocycles. The van der Waals surface area contributed by atoms with Gasteiger partial charge in [0.15, 0.2) is 0 Å². The molecule has 1 rings (SSSR count). The quantitative estimate of drug-likeness (QED) is 0.183. The van der Waals surface area contributed by atoms with Gasteiger partial charge < -0.3 is 31.1 Å². The fraction of sp³-hybridized carbons (Fsp3) is 0.750. The van der Waals surface area contributed by atoms with Crippen LogP contribution in [-0.2, 0) is 24.0 Å². The van der Waals surface area contributed by atoms with Crippen LogP contribution in [0.3, 0.4) is 0 Å². The van der Waals surface area contributed by atoms with Gasteiger partial charge in [-0.2, -0.15) is 0 Å². The van der Waals surface area contributed by atoms with Gasteiger partial charge in [-0.25, -0.2) is 4.79 Å². The molecule has 44 heavy (non-hydrogen) atoms. The number of likely N-dealkylation sites (N-methyl/N-ethyl adjacent to an activating group) is 1. The normalized spacial score (nSPS) is 19.0. The van der Waals surface area contributed by atoms with Gasteiger partial charge in [0.25, 0.3) is 5.91 Å². The van der Waals surface area contributed by atoms with Gasteiger partial charge in [0.05, 0.1) is 6.04 Å². The van der Waals surface area contributed by atoms with Crippen LogP contribution in [0.5, 0.6) is 0 Å². The van der Waals surface area contributed by atoms with Crippen molar-refractivity contribution in [3.63, 3.8) is 0 Å². The molecular formula is C32H56N6O6. The second kappa shape index (κ2) is 16.0. The summed E-state index contributed by atoms with van der Waals surface area (Å²) in [7, 11) is 3.22. The molecule has 6 amide bonds. The molecule has 12 nitrogen and oxygen atoms in total. The molecule has 1 fully saturated rings. The molecule has 1 aliphatic heterocycles. The molecule has 0 saturated carbocycles. The first-order chi connectivity index (χ1) is 20.2. The van der Waals surface area contributed by atoms with Crippen LogP contribution in [0.25, 0.3) is 0 Å². The van der Waals surface area contributed by atoms with Crippen LogP contribution in [0.1, 0.15) is 81.6 Å². The lowest BCUT2D eigenvalue weighted by Crippen LogP contribution is -2.63. The largest absolute Gasteiger partial charge is 0.347 e. The average molecular weight is 621 g/mol. The number of Topliss-reactive ketones (excluding diaryl/α,β-unsaturated/α-hetero) is 1. The molecule has 4 N–H and O–H groups in total. The van der Waals surface area contributed by atoms with E-state index in [1.165, 1.54) is 15.9 Å². The molecule has 0 aromatic heterocycles. The Bertz CT molecular complexity index is 1070. The molecule has 0 aromatic rings. The maximum Gasteiger partial charge on any atom is 0.316 e. The van der Waals surface area contributed by atoms with E-state index in [9.17, 15) is 28.8 Å². The smallest absolute Gasteiger partial charge is 0.316 e. The summed E-state index contributed by atoms with van der Waals surface area (Å²) in [6.07, 6.45) is 2.81. The molecule has 0 spiro atoms. The molecule has 5 atom stereocenters. The Morgan fingerprint density at radius 3 is 1.93 bits per heavy atom. The van der Waals surface area contributed by atoms with Crippen LogP contribution >= 0.6 is 0 Å². The van der Waals surface area contributed by atoms with Gasteiger partial charge in [-0.1, -0.05) is 74.8 Å². The predicted octanol–water partition coefficient (Wildman–Crippen LogP) is 2.23. The minimum absolute atomic E-state index is 0.0358. The summed E-state index contributed by atoms with van der Waals surface area (Å²) in [5, 5.41) is 10.8. The zero-order valence-corrected chi connectivity index (χ0v) is 28.6. The second-order valence-corrected chi connectivity index (χ2v) is 14.3. The number of carbonyl (C=O) groups is 6. The minimum atomic E-state index is -1.05. The predicted molar refractivity (Wildman–Crippen MR) is 170 cm³/mol. The first-order valence-electron chi connectivity index (χ1n) is 15.5.